The fourth-order valence-electron chi connectivity index (χ4n) is 9.38. The van der Waals surface area contributed by atoms with E-state index in [4.69, 9.17) is 0 Å². The van der Waals surface area contributed by atoms with Crippen LogP contribution in [0.25, 0.3) is 76.5 Å². The summed E-state index contributed by atoms with van der Waals surface area (Å²) < 4.78 is 0. The van der Waals surface area contributed by atoms with Gasteiger partial charge in [0.25, 0.3) is 0 Å². The van der Waals surface area contributed by atoms with Gasteiger partial charge in [-0.1, -0.05) is 182 Å². The highest BCUT2D eigenvalue weighted by molar-refractivity contribution is 6.25. The van der Waals surface area contributed by atoms with Gasteiger partial charge in [0.15, 0.2) is 0 Å². The van der Waals surface area contributed by atoms with Gasteiger partial charge < -0.3 is 0 Å². The molecule has 0 amide bonds. The molecule has 0 N–H and O–H groups in total. The van der Waals surface area contributed by atoms with E-state index in [1.807, 2.05) is 0 Å². The Hall–Kier alpha value is -6.50. The molecular formula is C51H32. The van der Waals surface area contributed by atoms with Crippen LogP contribution in [0, 0.1) is 0 Å². The Morgan fingerprint density at radius 1 is 0.314 bits per heavy atom. The Kier molecular flexibility index (Phi) is 5.97. The first-order chi connectivity index (χ1) is 25.3. The highest BCUT2D eigenvalue weighted by Crippen LogP contribution is 2.61. The first-order valence-electron chi connectivity index (χ1n) is 17.9. The van der Waals surface area contributed by atoms with Gasteiger partial charge in [0.2, 0.25) is 0 Å². The fourth-order valence-corrected chi connectivity index (χ4v) is 9.38. The second kappa shape index (κ2) is 10.7. The topological polar surface area (TPSA) is 0 Å². The van der Waals surface area contributed by atoms with Crippen molar-refractivity contribution in [1.82, 2.24) is 0 Å². The van der Waals surface area contributed by atoms with Crippen LogP contribution >= 0.6 is 0 Å². The molecule has 0 nitrogen and oxygen atoms in total. The van der Waals surface area contributed by atoms with Crippen LogP contribution < -0.4 is 0 Å². The first-order valence-corrected chi connectivity index (χ1v) is 17.9. The zero-order valence-electron chi connectivity index (χ0n) is 28.0. The van der Waals surface area contributed by atoms with Gasteiger partial charge in [-0.3, -0.25) is 0 Å². The van der Waals surface area contributed by atoms with Crippen molar-refractivity contribution in [2.45, 2.75) is 5.41 Å². The Labute approximate surface area is 297 Å². The van der Waals surface area contributed by atoms with Gasteiger partial charge in [-0.25, -0.2) is 0 Å². The molecule has 51 heavy (non-hydrogen) atoms. The molecular weight excluding hydrogens is 613 g/mol. The largest absolute Gasteiger partial charge is 0.0720 e. The van der Waals surface area contributed by atoms with Gasteiger partial charge in [0.1, 0.15) is 0 Å². The van der Waals surface area contributed by atoms with Crippen LogP contribution in [-0.2, 0) is 5.41 Å². The molecule has 11 rings (SSSR count). The zero-order valence-corrected chi connectivity index (χ0v) is 28.0. The quantitative estimate of drug-likeness (QED) is 0.167. The van der Waals surface area contributed by atoms with E-state index in [9.17, 15) is 0 Å². The van der Waals surface area contributed by atoms with E-state index in [1.54, 1.807) is 0 Å². The van der Waals surface area contributed by atoms with E-state index in [0.717, 1.165) is 0 Å². The van der Waals surface area contributed by atoms with E-state index in [1.165, 1.54) is 98.7 Å². The molecule has 0 aromatic heterocycles. The summed E-state index contributed by atoms with van der Waals surface area (Å²) in [5, 5.41) is 10.4. The lowest BCUT2D eigenvalue weighted by Gasteiger charge is -2.35. The fraction of sp³-hybridized carbons (Fsp3) is 0.0196. The van der Waals surface area contributed by atoms with Crippen LogP contribution in [-0.4, -0.2) is 0 Å². The number of hydrogen-bond donors (Lipinski definition) is 0. The van der Waals surface area contributed by atoms with Crippen LogP contribution in [0.2, 0.25) is 0 Å². The predicted octanol–water partition coefficient (Wildman–Crippen LogP) is 13.4. The van der Waals surface area contributed by atoms with E-state index < -0.39 is 5.41 Å². The van der Waals surface area contributed by atoms with E-state index in [-0.39, 0.29) is 0 Å². The maximum Gasteiger partial charge on any atom is 0.0720 e. The molecule has 236 valence electrons. The summed E-state index contributed by atoms with van der Waals surface area (Å²) in [7, 11) is 0. The van der Waals surface area contributed by atoms with Gasteiger partial charge in [-0.05, 0) is 111 Å². The maximum atomic E-state index is 2.53. The van der Waals surface area contributed by atoms with Crippen molar-refractivity contribution in [3.05, 3.63) is 216 Å². The molecule has 0 fully saturated rings. The Morgan fingerprint density at radius 2 is 0.863 bits per heavy atom. The highest BCUT2D eigenvalue weighted by atomic mass is 14.5. The van der Waals surface area contributed by atoms with Gasteiger partial charge in [-0.2, -0.15) is 0 Å². The first kappa shape index (κ1) is 28.3. The van der Waals surface area contributed by atoms with E-state index >= 15 is 0 Å². The van der Waals surface area contributed by atoms with Crippen LogP contribution in [0.15, 0.2) is 194 Å². The Morgan fingerprint density at radius 3 is 1.59 bits per heavy atom. The minimum atomic E-state index is -0.544. The SMILES string of the molecule is c1ccc(-c2cc(-c3ccc4ccc5cccc6ccc3c4c56)cc3c2-c2ccc4ccccc4c2C3(c2ccccc2)c2ccccc2)cc1. The number of hydrogen-bond acceptors (Lipinski definition) is 0. The normalized spacial score (nSPS) is 13.3. The second-order valence-electron chi connectivity index (χ2n) is 14.0. The summed E-state index contributed by atoms with van der Waals surface area (Å²) in [6, 6.07) is 72.6. The molecule has 10 aromatic carbocycles. The second-order valence-corrected chi connectivity index (χ2v) is 14.0. The van der Waals surface area contributed by atoms with Crippen LogP contribution in [0.3, 0.4) is 0 Å². The Balaban J connectivity index is 1.34. The zero-order chi connectivity index (χ0) is 33.5. The van der Waals surface area contributed by atoms with Crippen molar-refractivity contribution in [3.8, 4) is 33.4 Å². The third-order valence-electron chi connectivity index (χ3n) is 11.5. The smallest absolute Gasteiger partial charge is 0.0622 e. The van der Waals surface area contributed by atoms with Crippen molar-refractivity contribution >= 4 is 43.1 Å². The average Bonchev–Trinajstić information content (AvgIpc) is 3.52. The molecule has 0 saturated carbocycles. The molecule has 0 unspecified atom stereocenters. The Bertz CT molecular complexity index is 2880. The third kappa shape index (κ3) is 3.91. The van der Waals surface area contributed by atoms with Gasteiger partial charge in [-0.15, -0.1) is 0 Å². The summed E-state index contributed by atoms with van der Waals surface area (Å²) in [6.07, 6.45) is 0. The molecule has 0 bridgehead atoms. The number of rotatable bonds is 4. The predicted molar refractivity (Wildman–Crippen MR) is 216 cm³/mol. The molecule has 0 aliphatic heterocycles. The molecule has 0 atom stereocenters. The highest BCUT2D eigenvalue weighted by Gasteiger charge is 2.48. The van der Waals surface area contributed by atoms with Crippen molar-refractivity contribution in [1.29, 1.82) is 0 Å². The minimum Gasteiger partial charge on any atom is -0.0622 e. The summed E-state index contributed by atoms with van der Waals surface area (Å²) in [6.45, 7) is 0. The molecule has 0 heteroatoms. The minimum absolute atomic E-state index is 0.544. The molecule has 10 aromatic rings. The molecule has 0 radical (unpaired) electrons. The average molecular weight is 645 g/mol. The van der Waals surface area contributed by atoms with E-state index in [0.29, 0.717) is 0 Å². The van der Waals surface area contributed by atoms with Crippen molar-refractivity contribution in [3.63, 3.8) is 0 Å². The van der Waals surface area contributed by atoms with Crippen LogP contribution in [0.1, 0.15) is 22.3 Å². The van der Waals surface area contributed by atoms with Gasteiger partial charge in [0, 0.05) is 0 Å². The molecule has 0 spiro atoms. The van der Waals surface area contributed by atoms with Crippen LogP contribution in [0.5, 0.6) is 0 Å². The number of fused-ring (bicyclic) bond motifs is 5. The van der Waals surface area contributed by atoms with Crippen LogP contribution in [0.4, 0.5) is 0 Å². The van der Waals surface area contributed by atoms with E-state index in [2.05, 4.69) is 194 Å². The van der Waals surface area contributed by atoms with Crippen molar-refractivity contribution in [2.75, 3.05) is 0 Å². The van der Waals surface area contributed by atoms with Crippen molar-refractivity contribution in [2.24, 2.45) is 0 Å². The molecule has 0 heterocycles. The molecule has 1 aliphatic rings. The molecule has 1 aliphatic carbocycles. The monoisotopic (exact) mass is 644 g/mol. The lowest BCUT2D eigenvalue weighted by molar-refractivity contribution is 0.776. The summed E-state index contributed by atoms with van der Waals surface area (Å²) in [4.78, 5) is 0. The van der Waals surface area contributed by atoms with Gasteiger partial charge in [0.05, 0.1) is 5.41 Å². The van der Waals surface area contributed by atoms with Gasteiger partial charge >= 0.3 is 0 Å². The summed E-state index contributed by atoms with van der Waals surface area (Å²) in [5.74, 6) is 0. The summed E-state index contributed by atoms with van der Waals surface area (Å²) >= 11 is 0. The maximum absolute atomic E-state index is 2.53. The lowest BCUT2D eigenvalue weighted by Crippen LogP contribution is -2.29. The number of benzene rings is 10. The molecule has 0 saturated heterocycles. The van der Waals surface area contributed by atoms with Crippen molar-refractivity contribution < 1.29 is 0 Å². The standard InChI is InChI=1S/C51H32/c1-4-13-33(14-5-1)45-31-38(41-28-26-37-24-23-35-16-12-17-36-27-29-43(41)48(37)47(35)36)32-46-49(45)44-30-25-34-15-10-11-22-42(34)50(44)51(46,39-18-6-2-7-19-39)40-20-8-3-9-21-40/h1-32H. The lowest BCUT2D eigenvalue weighted by atomic mass is 9.66. The summed E-state index contributed by atoms with van der Waals surface area (Å²) in [5.41, 5.74) is 12.3. The third-order valence-corrected chi connectivity index (χ3v) is 11.5.